The van der Waals surface area contributed by atoms with Gasteiger partial charge in [0.1, 0.15) is 5.75 Å². The van der Waals surface area contributed by atoms with Gasteiger partial charge in [-0.2, -0.15) is 0 Å². The number of hydrogen-bond acceptors (Lipinski definition) is 4. The zero-order valence-electron chi connectivity index (χ0n) is 11.0. The predicted molar refractivity (Wildman–Crippen MR) is 78.4 cm³/mol. The molecule has 0 amide bonds. The van der Waals surface area contributed by atoms with Crippen molar-refractivity contribution in [1.29, 1.82) is 0 Å². The minimum Gasteiger partial charge on any atom is -0.437 e. The third kappa shape index (κ3) is 4.01. The molecular formula is C14H16BrN3O. The Morgan fingerprint density at radius 3 is 2.84 bits per heavy atom. The van der Waals surface area contributed by atoms with E-state index in [4.69, 9.17) is 4.74 Å². The van der Waals surface area contributed by atoms with E-state index in [-0.39, 0.29) is 0 Å². The maximum atomic E-state index is 5.68. The van der Waals surface area contributed by atoms with Crippen molar-refractivity contribution in [2.45, 2.75) is 20.4 Å². The fourth-order valence-corrected chi connectivity index (χ4v) is 1.98. The van der Waals surface area contributed by atoms with Crippen LogP contribution in [0.4, 0.5) is 0 Å². The third-order valence-electron chi connectivity index (χ3n) is 2.64. The first-order chi connectivity index (χ1) is 9.19. The number of pyridine rings is 2. The van der Waals surface area contributed by atoms with Crippen molar-refractivity contribution in [3.63, 3.8) is 0 Å². The summed E-state index contributed by atoms with van der Waals surface area (Å²) in [4.78, 5) is 8.50. The van der Waals surface area contributed by atoms with E-state index in [0.29, 0.717) is 11.6 Å². The largest absolute Gasteiger partial charge is 0.437 e. The molecule has 1 N–H and O–H groups in total. The standard InChI is InChI=1S/C14H16BrN3O/c1-3-16-7-11-4-5-14(18-10(11)2)19-13-6-12(15)8-17-9-13/h4-6,8-9,16H,3,7H2,1-2H3. The molecule has 2 aromatic rings. The molecule has 0 fully saturated rings. The van der Waals surface area contributed by atoms with E-state index in [0.717, 1.165) is 23.3 Å². The molecule has 0 saturated carbocycles. The van der Waals surface area contributed by atoms with Crippen LogP contribution in [0.1, 0.15) is 18.2 Å². The van der Waals surface area contributed by atoms with Crippen molar-refractivity contribution in [3.05, 3.63) is 46.3 Å². The summed E-state index contributed by atoms with van der Waals surface area (Å²) < 4.78 is 6.56. The van der Waals surface area contributed by atoms with E-state index in [9.17, 15) is 0 Å². The van der Waals surface area contributed by atoms with Gasteiger partial charge in [0.05, 0.1) is 6.20 Å². The maximum Gasteiger partial charge on any atom is 0.219 e. The first-order valence-corrected chi connectivity index (χ1v) is 6.94. The predicted octanol–water partition coefficient (Wildman–Crippen LogP) is 3.45. The van der Waals surface area contributed by atoms with Gasteiger partial charge in [-0.15, -0.1) is 0 Å². The van der Waals surface area contributed by atoms with Crippen molar-refractivity contribution in [3.8, 4) is 11.6 Å². The zero-order valence-corrected chi connectivity index (χ0v) is 12.6. The van der Waals surface area contributed by atoms with Gasteiger partial charge in [0, 0.05) is 29.0 Å². The monoisotopic (exact) mass is 321 g/mol. The highest BCUT2D eigenvalue weighted by molar-refractivity contribution is 9.10. The lowest BCUT2D eigenvalue weighted by atomic mass is 10.2. The molecule has 0 bridgehead atoms. The summed E-state index contributed by atoms with van der Waals surface area (Å²) in [7, 11) is 0. The molecule has 100 valence electrons. The second-order valence-corrected chi connectivity index (χ2v) is 5.03. The number of ether oxygens (including phenoxy) is 1. The van der Waals surface area contributed by atoms with E-state index in [1.165, 1.54) is 5.56 Å². The molecule has 0 aliphatic rings. The minimum absolute atomic E-state index is 0.581. The summed E-state index contributed by atoms with van der Waals surface area (Å²) in [5.41, 5.74) is 2.16. The van der Waals surface area contributed by atoms with Crippen LogP contribution in [0, 0.1) is 6.92 Å². The van der Waals surface area contributed by atoms with Crippen LogP contribution in [0.15, 0.2) is 35.1 Å². The molecule has 0 aliphatic heterocycles. The van der Waals surface area contributed by atoms with Crippen LogP contribution in [0.3, 0.4) is 0 Å². The lowest BCUT2D eigenvalue weighted by Gasteiger charge is -2.09. The van der Waals surface area contributed by atoms with Crippen LogP contribution in [-0.2, 0) is 6.54 Å². The molecule has 4 nitrogen and oxygen atoms in total. The molecule has 2 aromatic heterocycles. The van der Waals surface area contributed by atoms with Gasteiger partial charge in [-0.05, 0) is 41.0 Å². The van der Waals surface area contributed by atoms with Gasteiger partial charge in [0.2, 0.25) is 5.88 Å². The Morgan fingerprint density at radius 1 is 1.32 bits per heavy atom. The van der Waals surface area contributed by atoms with Crippen molar-refractivity contribution < 1.29 is 4.74 Å². The number of aryl methyl sites for hydroxylation is 1. The Morgan fingerprint density at radius 2 is 2.16 bits per heavy atom. The van der Waals surface area contributed by atoms with Gasteiger partial charge in [0.25, 0.3) is 0 Å². The third-order valence-corrected chi connectivity index (χ3v) is 3.07. The number of rotatable bonds is 5. The highest BCUT2D eigenvalue weighted by atomic mass is 79.9. The Bertz CT molecular complexity index is 560. The molecular weight excluding hydrogens is 306 g/mol. The summed E-state index contributed by atoms with van der Waals surface area (Å²) >= 11 is 3.36. The van der Waals surface area contributed by atoms with Gasteiger partial charge >= 0.3 is 0 Å². The van der Waals surface area contributed by atoms with Crippen molar-refractivity contribution in [1.82, 2.24) is 15.3 Å². The van der Waals surface area contributed by atoms with Crippen molar-refractivity contribution in [2.24, 2.45) is 0 Å². The molecule has 0 aliphatic carbocycles. The number of hydrogen-bond donors (Lipinski definition) is 1. The average Bonchev–Trinajstić information content (AvgIpc) is 2.38. The van der Waals surface area contributed by atoms with Gasteiger partial charge in [-0.25, -0.2) is 4.98 Å². The molecule has 0 saturated heterocycles. The first kappa shape index (κ1) is 14.0. The summed E-state index contributed by atoms with van der Waals surface area (Å²) in [5, 5.41) is 3.28. The Kier molecular flexibility index (Phi) is 4.87. The quantitative estimate of drug-likeness (QED) is 0.916. The van der Waals surface area contributed by atoms with E-state index in [1.54, 1.807) is 12.4 Å². The van der Waals surface area contributed by atoms with E-state index in [1.807, 2.05) is 25.1 Å². The van der Waals surface area contributed by atoms with Gasteiger partial charge in [0.15, 0.2) is 0 Å². The fraction of sp³-hybridized carbons (Fsp3) is 0.286. The molecule has 5 heteroatoms. The van der Waals surface area contributed by atoms with Crippen LogP contribution in [-0.4, -0.2) is 16.5 Å². The molecule has 0 atom stereocenters. The van der Waals surface area contributed by atoms with E-state index >= 15 is 0 Å². The van der Waals surface area contributed by atoms with Crippen LogP contribution in [0.2, 0.25) is 0 Å². The minimum atomic E-state index is 0.581. The lowest BCUT2D eigenvalue weighted by molar-refractivity contribution is 0.458. The van der Waals surface area contributed by atoms with E-state index < -0.39 is 0 Å². The second-order valence-electron chi connectivity index (χ2n) is 4.12. The van der Waals surface area contributed by atoms with Crippen LogP contribution < -0.4 is 10.1 Å². The SMILES string of the molecule is CCNCc1ccc(Oc2cncc(Br)c2)nc1C. The normalized spacial score (nSPS) is 10.5. The second kappa shape index (κ2) is 6.63. The maximum absolute atomic E-state index is 5.68. The number of nitrogens with zero attached hydrogens (tertiary/aromatic N) is 2. The fourth-order valence-electron chi connectivity index (χ4n) is 1.64. The zero-order chi connectivity index (χ0) is 13.7. The Hall–Kier alpha value is -1.46. The summed E-state index contributed by atoms with van der Waals surface area (Å²) in [5.74, 6) is 1.25. The molecule has 0 radical (unpaired) electrons. The summed E-state index contributed by atoms with van der Waals surface area (Å²) in [6.07, 6.45) is 3.37. The number of halogens is 1. The Labute approximate surface area is 121 Å². The highest BCUT2D eigenvalue weighted by Gasteiger charge is 2.04. The van der Waals surface area contributed by atoms with Crippen molar-refractivity contribution in [2.75, 3.05) is 6.54 Å². The lowest BCUT2D eigenvalue weighted by Crippen LogP contribution is -2.13. The molecule has 0 unspecified atom stereocenters. The van der Waals surface area contributed by atoms with Gasteiger partial charge < -0.3 is 10.1 Å². The molecule has 0 aromatic carbocycles. The number of nitrogens with one attached hydrogen (secondary N) is 1. The number of aromatic nitrogens is 2. The molecule has 2 rings (SSSR count). The molecule has 0 spiro atoms. The van der Waals surface area contributed by atoms with Gasteiger partial charge in [-0.1, -0.05) is 13.0 Å². The average molecular weight is 322 g/mol. The smallest absolute Gasteiger partial charge is 0.219 e. The van der Waals surface area contributed by atoms with E-state index in [2.05, 4.69) is 38.1 Å². The van der Waals surface area contributed by atoms with Gasteiger partial charge in [-0.3, -0.25) is 4.98 Å². The molecule has 2 heterocycles. The summed E-state index contributed by atoms with van der Waals surface area (Å²) in [6, 6.07) is 5.77. The molecule has 19 heavy (non-hydrogen) atoms. The van der Waals surface area contributed by atoms with Crippen LogP contribution in [0.5, 0.6) is 11.6 Å². The van der Waals surface area contributed by atoms with Crippen LogP contribution in [0.25, 0.3) is 0 Å². The van der Waals surface area contributed by atoms with Crippen molar-refractivity contribution >= 4 is 15.9 Å². The highest BCUT2D eigenvalue weighted by Crippen LogP contribution is 2.22. The topological polar surface area (TPSA) is 47.0 Å². The summed E-state index contributed by atoms with van der Waals surface area (Å²) in [6.45, 7) is 5.84. The Balaban J connectivity index is 2.11. The van der Waals surface area contributed by atoms with Crippen LogP contribution >= 0.6 is 15.9 Å². The first-order valence-electron chi connectivity index (χ1n) is 6.14.